The largest absolute Gasteiger partial charge is 0.451 e. The minimum absolute atomic E-state index is 0.284. The fraction of sp³-hybridized carbons (Fsp3) is 0.0588. The van der Waals surface area contributed by atoms with Gasteiger partial charge in [-0.3, -0.25) is 10.1 Å². The molecule has 0 saturated heterocycles. The van der Waals surface area contributed by atoms with Crippen LogP contribution in [0.4, 0.5) is 5.13 Å². The number of thiazole rings is 1. The van der Waals surface area contributed by atoms with Gasteiger partial charge in [0.1, 0.15) is 5.58 Å². The molecule has 4 aromatic rings. The van der Waals surface area contributed by atoms with E-state index in [9.17, 15) is 4.79 Å². The summed E-state index contributed by atoms with van der Waals surface area (Å²) in [6.07, 6.45) is 0. The number of hydrogen-bond donors (Lipinski definition) is 1. The third kappa shape index (κ3) is 2.25. The predicted molar refractivity (Wildman–Crippen MR) is 88.5 cm³/mol. The summed E-state index contributed by atoms with van der Waals surface area (Å²) in [6, 6.07) is 15.4. The van der Waals surface area contributed by atoms with Crippen molar-refractivity contribution in [1.29, 1.82) is 0 Å². The first-order chi connectivity index (χ1) is 10.7. The molecule has 4 rings (SSSR count). The van der Waals surface area contributed by atoms with E-state index < -0.39 is 0 Å². The first-order valence-corrected chi connectivity index (χ1v) is 7.68. The van der Waals surface area contributed by atoms with Gasteiger partial charge in [0.05, 0.1) is 10.2 Å². The lowest BCUT2D eigenvalue weighted by molar-refractivity contribution is 0.0998. The van der Waals surface area contributed by atoms with Crippen LogP contribution in [0.3, 0.4) is 0 Å². The number of hydrogen-bond acceptors (Lipinski definition) is 4. The highest BCUT2D eigenvalue weighted by molar-refractivity contribution is 7.22. The average molecular weight is 308 g/mol. The molecule has 0 radical (unpaired) electrons. The maximum absolute atomic E-state index is 12.3. The molecule has 0 aliphatic carbocycles. The first-order valence-electron chi connectivity index (χ1n) is 6.86. The molecule has 0 fully saturated rings. The zero-order valence-electron chi connectivity index (χ0n) is 11.8. The van der Waals surface area contributed by atoms with Gasteiger partial charge in [-0.05, 0) is 36.8 Å². The van der Waals surface area contributed by atoms with Crippen molar-refractivity contribution >= 4 is 43.6 Å². The number of rotatable bonds is 2. The number of benzene rings is 2. The predicted octanol–water partition coefficient (Wildman–Crippen LogP) is 4.60. The van der Waals surface area contributed by atoms with E-state index in [0.29, 0.717) is 10.9 Å². The Morgan fingerprint density at radius 2 is 2.05 bits per heavy atom. The Hall–Kier alpha value is -2.66. The van der Waals surface area contributed by atoms with E-state index >= 15 is 0 Å². The molecule has 1 N–H and O–H groups in total. The van der Waals surface area contributed by atoms with Crippen LogP contribution in [0.25, 0.3) is 21.2 Å². The lowest BCUT2D eigenvalue weighted by Crippen LogP contribution is -2.10. The molecule has 2 aromatic carbocycles. The average Bonchev–Trinajstić information content (AvgIpc) is 3.09. The summed E-state index contributed by atoms with van der Waals surface area (Å²) >= 11 is 1.44. The van der Waals surface area contributed by atoms with Crippen molar-refractivity contribution in [3.05, 3.63) is 59.9 Å². The van der Waals surface area contributed by atoms with E-state index in [1.807, 2.05) is 49.4 Å². The van der Waals surface area contributed by atoms with Crippen LogP contribution >= 0.6 is 11.3 Å². The lowest BCUT2D eigenvalue weighted by Gasteiger charge is -1.96. The maximum atomic E-state index is 12.3. The normalized spacial score (nSPS) is 11.1. The van der Waals surface area contributed by atoms with Crippen molar-refractivity contribution in [2.45, 2.75) is 6.92 Å². The molecule has 0 unspecified atom stereocenters. The van der Waals surface area contributed by atoms with Gasteiger partial charge in [-0.25, -0.2) is 4.98 Å². The Balaban J connectivity index is 1.65. The lowest BCUT2D eigenvalue weighted by atomic mass is 10.2. The number of fused-ring (bicyclic) bond motifs is 2. The molecule has 0 saturated carbocycles. The van der Waals surface area contributed by atoms with E-state index in [-0.39, 0.29) is 5.91 Å². The van der Waals surface area contributed by atoms with Crippen molar-refractivity contribution in [3.63, 3.8) is 0 Å². The highest BCUT2D eigenvalue weighted by Gasteiger charge is 2.14. The van der Waals surface area contributed by atoms with Crippen molar-refractivity contribution in [3.8, 4) is 0 Å². The number of carbonyl (C=O) groups excluding carboxylic acids is 1. The SMILES string of the molecule is Cc1ccc2cc(C(=O)Nc3nc4ccccc4s3)oc2c1. The van der Waals surface area contributed by atoms with Crippen LogP contribution in [0, 0.1) is 6.92 Å². The molecule has 5 heteroatoms. The van der Waals surface area contributed by atoms with Crippen LogP contribution in [0.5, 0.6) is 0 Å². The highest BCUT2D eigenvalue weighted by atomic mass is 32.1. The smallest absolute Gasteiger partial charge is 0.293 e. The maximum Gasteiger partial charge on any atom is 0.293 e. The molecule has 2 heterocycles. The summed E-state index contributed by atoms with van der Waals surface area (Å²) in [7, 11) is 0. The van der Waals surface area contributed by atoms with Gasteiger partial charge in [-0.15, -0.1) is 0 Å². The molecule has 0 spiro atoms. The van der Waals surface area contributed by atoms with Gasteiger partial charge in [0.2, 0.25) is 0 Å². The molecule has 0 bridgehead atoms. The molecule has 22 heavy (non-hydrogen) atoms. The van der Waals surface area contributed by atoms with Crippen molar-refractivity contribution in [2.24, 2.45) is 0 Å². The van der Waals surface area contributed by atoms with Gasteiger partial charge in [-0.1, -0.05) is 35.6 Å². The zero-order valence-corrected chi connectivity index (χ0v) is 12.6. The number of aryl methyl sites for hydroxylation is 1. The Morgan fingerprint density at radius 3 is 2.91 bits per heavy atom. The van der Waals surface area contributed by atoms with E-state index in [0.717, 1.165) is 26.7 Å². The Bertz CT molecular complexity index is 967. The Labute approximate surface area is 130 Å². The minimum atomic E-state index is -0.284. The van der Waals surface area contributed by atoms with Gasteiger partial charge < -0.3 is 4.42 Å². The molecule has 1 amide bonds. The topological polar surface area (TPSA) is 55.1 Å². The van der Waals surface area contributed by atoms with E-state index in [1.54, 1.807) is 6.07 Å². The molecular formula is C17H12N2O2S. The number of furan rings is 1. The zero-order chi connectivity index (χ0) is 15.1. The van der Waals surface area contributed by atoms with Gasteiger partial charge >= 0.3 is 0 Å². The van der Waals surface area contributed by atoms with E-state index in [1.165, 1.54) is 11.3 Å². The second-order valence-electron chi connectivity index (χ2n) is 5.09. The van der Waals surface area contributed by atoms with Crippen molar-refractivity contribution < 1.29 is 9.21 Å². The van der Waals surface area contributed by atoms with Crippen LogP contribution in [0.1, 0.15) is 16.1 Å². The summed E-state index contributed by atoms with van der Waals surface area (Å²) in [5, 5.41) is 4.29. The van der Waals surface area contributed by atoms with Gasteiger partial charge in [-0.2, -0.15) is 0 Å². The highest BCUT2D eigenvalue weighted by Crippen LogP contribution is 2.26. The Morgan fingerprint density at radius 1 is 1.18 bits per heavy atom. The number of amides is 1. The summed E-state index contributed by atoms with van der Waals surface area (Å²) in [6.45, 7) is 1.99. The second kappa shape index (κ2) is 4.96. The van der Waals surface area contributed by atoms with Crippen LogP contribution in [0.15, 0.2) is 52.9 Å². The first kappa shape index (κ1) is 13.0. The van der Waals surface area contributed by atoms with Gasteiger partial charge in [0, 0.05) is 5.39 Å². The number of aromatic nitrogens is 1. The van der Waals surface area contributed by atoms with E-state index in [4.69, 9.17) is 4.42 Å². The number of nitrogens with one attached hydrogen (secondary N) is 1. The molecule has 0 atom stereocenters. The van der Waals surface area contributed by atoms with Crippen LogP contribution in [-0.2, 0) is 0 Å². The fourth-order valence-corrected chi connectivity index (χ4v) is 3.20. The van der Waals surface area contributed by atoms with E-state index in [2.05, 4.69) is 10.3 Å². The number of anilines is 1. The molecule has 0 aliphatic rings. The quantitative estimate of drug-likeness (QED) is 0.588. The Kier molecular flexibility index (Phi) is 2.94. The summed E-state index contributed by atoms with van der Waals surface area (Å²) in [5.74, 6) is 0.00719. The molecule has 4 nitrogen and oxygen atoms in total. The number of para-hydroxylation sites is 1. The monoisotopic (exact) mass is 308 g/mol. The van der Waals surface area contributed by atoms with Crippen LogP contribution < -0.4 is 5.32 Å². The third-order valence-electron chi connectivity index (χ3n) is 3.41. The van der Waals surface area contributed by atoms with Gasteiger partial charge in [0.25, 0.3) is 5.91 Å². The van der Waals surface area contributed by atoms with Crippen LogP contribution in [0.2, 0.25) is 0 Å². The molecule has 0 aliphatic heterocycles. The van der Waals surface area contributed by atoms with Crippen molar-refractivity contribution in [2.75, 3.05) is 5.32 Å². The second-order valence-corrected chi connectivity index (χ2v) is 6.12. The summed E-state index contributed by atoms with van der Waals surface area (Å²) < 4.78 is 6.66. The summed E-state index contributed by atoms with van der Waals surface area (Å²) in [5.41, 5.74) is 2.69. The third-order valence-corrected chi connectivity index (χ3v) is 4.37. The van der Waals surface area contributed by atoms with Crippen LogP contribution in [-0.4, -0.2) is 10.9 Å². The number of nitrogens with zero attached hydrogens (tertiary/aromatic N) is 1. The minimum Gasteiger partial charge on any atom is -0.451 e. The number of carbonyl (C=O) groups is 1. The van der Waals surface area contributed by atoms with Gasteiger partial charge in [0.15, 0.2) is 10.9 Å². The van der Waals surface area contributed by atoms with Crippen molar-refractivity contribution in [1.82, 2.24) is 4.98 Å². The summed E-state index contributed by atoms with van der Waals surface area (Å²) in [4.78, 5) is 16.7. The molecule has 2 aromatic heterocycles. The molecule has 108 valence electrons. The standard InChI is InChI=1S/C17H12N2O2S/c1-10-6-7-11-9-14(21-13(11)8-10)16(20)19-17-18-12-4-2-3-5-15(12)22-17/h2-9H,1H3,(H,18,19,20). The fourth-order valence-electron chi connectivity index (χ4n) is 2.33. The molecular weight excluding hydrogens is 296 g/mol.